The molecule has 0 saturated carbocycles. The molecule has 112 valence electrons. The lowest BCUT2D eigenvalue weighted by molar-refractivity contribution is -0.143. The molecule has 0 unspecified atom stereocenters. The van der Waals surface area contributed by atoms with Crippen LogP contribution in [-0.4, -0.2) is 56.0 Å². The predicted octanol–water partition coefficient (Wildman–Crippen LogP) is -0.130. The highest BCUT2D eigenvalue weighted by Crippen LogP contribution is 1.86. The molecule has 0 aliphatic carbocycles. The number of carboxylic acids is 4. The summed E-state index contributed by atoms with van der Waals surface area (Å²) in [5.74, 6) is -4.31. The Balaban J connectivity index is -0.000000224. The Morgan fingerprint density at radius 2 is 0.737 bits per heavy atom. The van der Waals surface area contributed by atoms with E-state index in [4.69, 9.17) is 25.5 Å². The molecule has 0 heterocycles. The highest BCUT2D eigenvalue weighted by Gasteiger charge is 2.00. The van der Waals surface area contributed by atoms with Gasteiger partial charge in [-0.2, -0.15) is 0 Å². The van der Waals surface area contributed by atoms with Crippen molar-refractivity contribution in [1.82, 2.24) is 0 Å². The van der Waals surface area contributed by atoms with E-state index >= 15 is 0 Å². The van der Waals surface area contributed by atoms with Crippen LogP contribution in [0.4, 0.5) is 0 Å². The lowest BCUT2D eigenvalue weighted by Gasteiger charge is -1.85. The van der Waals surface area contributed by atoms with Gasteiger partial charge in [-0.1, -0.05) is 0 Å². The maximum Gasteiger partial charge on any atom is 0.303 e. The second kappa shape index (κ2) is 15.8. The van der Waals surface area contributed by atoms with Crippen molar-refractivity contribution in [3.05, 3.63) is 0 Å². The molecule has 0 fully saturated rings. The summed E-state index contributed by atoms with van der Waals surface area (Å²) < 4.78 is 0. The summed E-state index contributed by atoms with van der Waals surface area (Å²) in [5, 5.41) is 39.2. The zero-order chi connectivity index (χ0) is 15.8. The van der Waals surface area contributed by atoms with Crippen molar-refractivity contribution in [1.29, 1.82) is 0 Å². The standard InChI is InChI=1S/2C4H6O4.C2H6O/c2*5-3(6)1-2-4(7)8;1-2-3/h2*1-2H2,(H,5,6)(H,7,8);3H,2H2,1H3. The number of hydrogen-bond acceptors (Lipinski definition) is 5. The molecule has 0 amide bonds. The Kier molecular flexibility index (Phi) is 18.4. The molecule has 19 heavy (non-hydrogen) atoms. The average Bonchev–Trinajstić information content (AvgIpc) is 2.25. The first-order valence-electron chi connectivity index (χ1n) is 5.15. The number of hydrogen-bond donors (Lipinski definition) is 5. The smallest absolute Gasteiger partial charge is 0.303 e. The van der Waals surface area contributed by atoms with E-state index < -0.39 is 23.9 Å². The Morgan fingerprint density at radius 3 is 0.789 bits per heavy atom. The zero-order valence-electron chi connectivity index (χ0n) is 10.4. The second-order valence-electron chi connectivity index (χ2n) is 2.89. The van der Waals surface area contributed by atoms with E-state index in [0.717, 1.165) is 0 Å². The fourth-order valence-corrected chi connectivity index (χ4v) is 0.428. The minimum atomic E-state index is -1.08. The number of aliphatic hydroxyl groups excluding tert-OH is 1. The van der Waals surface area contributed by atoms with Crippen LogP contribution in [-0.2, 0) is 19.2 Å². The predicted molar refractivity (Wildman–Crippen MR) is 61.8 cm³/mol. The van der Waals surface area contributed by atoms with Gasteiger partial charge in [0.05, 0.1) is 25.7 Å². The van der Waals surface area contributed by atoms with E-state index in [1.807, 2.05) is 0 Å². The Bertz CT molecular complexity index is 229. The topological polar surface area (TPSA) is 169 Å². The van der Waals surface area contributed by atoms with Crippen molar-refractivity contribution in [2.24, 2.45) is 0 Å². The van der Waals surface area contributed by atoms with E-state index in [1.54, 1.807) is 6.92 Å². The number of aliphatic carboxylic acids is 4. The van der Waals surface area contributed by atoms with Crippen molar-refractivity contribution in [3.63, 3.8) is 0 Å². The van der Waals surface area contributed by atoms with Gasteiger partial charge < -0.3 is 25.5 Å². The third-order valence-electron chi connectivity index (χ3n) is 1.11. The fraction of sp³-hybridized carbons (Fsp3) is 0.600. The maximum absolute atomic E-state index is 9.64. The lowest BCUT2D eigenvalue weighted by Crippen LogP contribution is -2.00. The molecule has 0 aromatic heterocycles. The molecule has 0 rings (SSSR count). The van der Waals surface area contributed by atoms with Crippen LogP contribution in [0.25, 0.3) is 0 Å². The molecule has 5 N–H and O–H groups in total. The normalized spacial score (nSPS) is 8.11. The molecule has 0 bridgehead atoms. The van der Waals surface area contributed by atoms with E-state index in [2.05, 4.69) is 0 Å². The Labute approximate surface area is 109 Å². The second-order valence-corrected chi connectivity index (χ2v) is 2.89. The minimum absolute atomic E-state index is 0.250. The Hall–Kier alpha value is -2.16. The van der Waals surface area contributed by atoms with Crippen LogP contribution >= 0.6 is 0 Å². The molecule has 9 heteroatoms. The van der Waals surface area contributed by atoms with Crippen molar-refractivity contribution in [2.45, 2.75) is 32.6 Å². The van der Waals surface area contributed by atoms with Gasteiger partial charge in [0.25, 0.3) is 0 Å². The molecule has 0 aliphatic heterocycles. The molecule has 9 nitrogen and oxygen atoms in total. The van der Waals surface area contributed by atoms with Crippen LogP contribution in [0, 0.1) is 0 Å². The van der Waals surface area contributed by atoms with Gasteiger partial charge in [0.1, 0.15) is 0 Å². The first-order chi connectivity index (χ1) is 8.67. The maximum atomic E-state index is 9.64. The average molecular weight is 282 g/mol. The monoisotopic (exact) mass is 282 g/mol. The summed E-state index contributed by atoms with van der Waals surface area (Å²) in [6.07, 6.45) is -1.19. The molecule has 0 saturated heterocycles. The first kappa shape index (κ1) is 22.1. The van der Waals surface area contributed by atoms with E-state index in [0.29, 0.717) is 0 Å². The summed E-state index contributed by atoms with van der Waals surface area (Å²) in [5.41, 5.74) is 0. The van der Waals surface area contributed by atoms with Crippen LogP contribution in [0.2, 0.25) is 0 Å². The van der Waals surface area contributed by atoms with Gasteiger partial charge in [-0.15, -0.1) is 0 Å². The summed E-state index contributed by atoms with van der Waals surface area (Å²) in [6, 6.07) is 0. The van der Waals surface area contributed by atoms with Crippen LogP contribution in [0.15, 0.2) is 0 Å². The molecule has 0 atom stereocenters. The van der Waals surface area contributed by atoms with Gasteiger partial charge in [-0.25, -0.2) is 0 Å². The van der Waals surface area contributed by atoms with Crippen LogP contribution < -0.4 is 0 Å². The molecule has 0 aliphatic rings. The zero-order valence-corrected chi connectivity index (χ0v) is 10.4. The van der Waals surface area contributed by atoms with Gasteiger partial charge in [0, 0.05) is 6.61 Å². The number of carboxylic acid groups (broad SMARTS) is 4. The summed E-state index contributed by atoms with van der Waals surface area (Å²) >= 11 is 0. The van der Waals surface area contributed by atoms with Crippen LogP contribution in [0.1, 0.15) is 32.6 Å². The van der Waals surface area contributed by atoms with E-state index in [-0.39, 0.29) is 32.3 Å². The first-order valence-corrected chi connectivity index (χ1v) is 5.15. The highest BCUT2D eigenvalue weighted by molar-refractivity contribution is 5.75. The highest BCUT2D eigenvalue weighted by atomic mass is 16.4. The van der Waals surface area contributed by atoms with Gasteiger partial charge in [0.15, 0.2) is 0 Å². The number of carbonyl (C=O) groups is 4. The van der Waals surface area contributed by atoms with Gasteiger partial charge in [-0.3, -0.25) is 19.2 Å². The SMILES string of the molecule is CCO.O=C(O)CCC(=O)O.O=C(O)CCC(=O)O. The van der Waals surface area contributed by atoms with Crippen molar-refractivity contribution < 1.29 is 44.7 Å². The third kappa shape index (κ3) is 49.4. The van der Waals surface area contributed by atoms with Crippen molar-refractivity contribution >= 4 is 23.9 Å². The van der Waals surface area contributed by atoms with E-state index in [9.17, 15) is 19.2 Å². The summed E-state index contributed by atoms with van der Waals surface area (Å²) in [7, 11) is 0. The molecule has 0 spiro atoms. The van der Waals surface area contributed by atoms with Crippen LogP contribution in [0.5, 0.6) is 0 Å². The number of aliphatic hydroxyl groups is 1. The fourth-order valence-electron chi connectivity index (χ4n) is 0.428. The third-order valence-corrected chi connectivity index (χ3v) is 1.11. The summed E-state index contributed by atoms with van der Waals surface area (Å²) in [4.78, 5) is 38.6. The van der Waals surface area contributed by atoms with Gasteiger partial charge in [0.2, 0.25) is 0 Å². The lowest BCUT2D eigenvalue weighted by atomic mass is 10.3. The molecule has 0 radical (unpaired) electrons. The Morgan fingerprint density at radius 1 is 0.632 bits per heavy atom. The molecular formula is C10H18O9. The molecular weight excluding hydrogens is 264 g/mol. The van der Waals surface area contributed by atoms with E-state index in [1.165, 1.54) is 0 Å². The van der Waals surface area contributed by atoms with Gasteiger partial charge >= 0.3 is 23.9 Å². The number of rotatable bonds is 6. The summed E-state index contributed by atoms with van der Waals surface area (Å²) in [6.45, 7) is 1.93. The van der Waals surface area contributed by atoms with Gasteiger partial charge in [-0.05, 0) is 6.92 Å². The molecule has 0 aromatic rings. The minimum Gasteiger partial charge on any atom is -0.481 e. The molecule has 0 aromatic carbocycles. The van der Waals surface area contributed by atoms with Crippen molar-refractivity contribution in [2.75, 3.05) is 6.61 Å². The quantitative estimate of drug-likeness (QED) is 0.445. The van der Waals surface area contributed by atoms with Crippen LogP contribution in [0.3, 0.4) is 0 Å². The largest absolute Gasteiger partial charge is 0.481 e. The van der Waals surface area contributed by atoms with Crippen molar-refractivity contribution in [3.8, 4) is 0 Å².